The number of hydrogen-bond donors (Lipinski definition) is 0. The molecule has 0 aliphatic carbocycles. The lowest BCUT2D eigenvalue weighted by molar-refractivity contribution is 0.00672. The Morgan fingerprint density at radius 1 is 0.892 bits per heavy atom. The molecule has 3 aromatic rings. The lowest BCUT2D eigenvalue weighted by atomic mass is 10.1. The van der Waals surface area contributed by atoms with Crippen molar-refractivity contribution in [2.75, 3.05) is 19.8 Å². The van der Waals surface area contributed by atoms with Gasteiger partial charge in [-0.15, -0.1) is 17.0 Å². The van der Waals surface area contributed by atoms with E-state index in [1.54, 1.807) is 24.3 Å². The van der Waals surface area contributed by atoms with E-state index in [1.807, 2.05) is 47.6 Å². The SMILES string of the molecule is Br.Fc1ccc(OCCCN2C=CN(C(Cl)C(OCc3ccc(Cl)cc3Cl)c3ccc(Cl)cc3)C2)cc1. The smallest absolute Gasteiger partial charge is 0.135 e. The molecule has 0 N–H and O–H groups in total. The van der Waals surface area contributed by atoms with Crippen molar-refractivity contribution in [3.8, 4) is 5.75 Å². The first kappa shape index (κ1) is 29.9. The Morgan fingerprint density at radius 2 is 1.59 bits per heavy atom. The first-order valence-electron chi connectivity index (χ1n) is 11.4. The molecule has 0 saturated carbocycles. The molecule has 0 radical (unpaired) electrons. The van der Waals surface area contributed by atoms with E-state index >= 15 is 0 Å². The van der Waals surface area contributed by atoms with Gasteiger partial charge in [0.05, 0.1) is 19.9 Å². The van der Waals surface area contributed by atoms with Gasteiger partial charge in [-0.2, -0.15) is 0 Å². The molecular weight excluding hydrogens is 625 g/mol. The van der Waals surface area contributed by atoms with E-state index in [1.165, 1.54) is 12.1 Å². The molecule has 0 saturated heterocycles. The number of ether oxygens (including phenoxy) is 2. The number of benzene rings is 3. The molecule has 4 nitrogen and oxygen atoms in total. The highest BCUT2D eigenvalue weighted by molar-refractivity contribution is 8.93. The summed E-state index contributed by atoms with van der Waals surface area (Å²) in [6.45, 7) is 2.19. The van der Waals surface area contributed by atoms with Gasteiger partial charge in [-0.05, 0) is 66.1 Å². The van der Waals surface area contributed by atoms with Gasteiger partial charge in [0.15, 0.2) is 0 Å². The van der Waals surface area contributed by atoms with Gasteiger partial charge in [-0.1, -0.05) is 64.6 Å². The fourth-order valence-electron chi connectivity index (χ4n) is 3.76. The Morgan fingerprint density at radius 3 is 2.30 bits per heavy atom. The van der Waals surface area contributed by atoms with Crippen molar-refractivity contribution >= 4 is 63.4 Å². The molecule has 0 aromatic heterocycles. The van der Waals surface area contributed by atoms with Crippen LogP contribution in [0.2, 0.25) is 15.1 Å². The van der Waals surface area contributed by atoms with E-state index in [0.29, 0.717) is 34.1 Å². The van der Waals surface area contributed by atoms with Crippen LogP contribution >= 0.6 is 63.4 Å². The normalized spacial score (nSPS) is 14.4. The molecule has 0 fully saturated rings. The van der Waals surface area contributed by atoms with Gasteiger partial charge in [0, 0.05) is 34.0 Å². The number of alkyl halides is 1. The summed E-state index contributed by atoms with van der Waals surface area (Å²) in [6, 6.07) is 18.8. The summed E-state index contributed by atoms with van der Waals surface area (Å²) in [5.41, 5.74) is 1.25. The van der Waals surface area contributed by atoms with E-state index in [4.69, 9.17) is 55.9 Å². The van der Waals surface area contributed by atoms with Gasteiger partial charge in [0.1, 0.15) is 23.2 Å². The molecule has 4 rings (SSSR count). The molecule has 0 amide bonds. The highest BCUT2D eigenvalue weighted by Gasteiger charge is 2.29. The molecule has 3 aromatic carbocycles. The second kappa shape index (κ2) is 14.5. The van der Waals surface area contributed by atoms with Crippen molar-refractivity contribution in [2.24, 2.45) is 0 Å². The van der Waals surface area contributed by atoms with Crippen LogP contribution in [-0.2, 0) is 11.3 Å². The van der Waals surface area contributed by atoms with Crippen LogP contribution in [0.4, 0.5) is 4.39 Å². The van der Waals surface area contributed by atoms with Crippen LogP contribution in [0.1, 0.15) is 23.7 Å². The van der Waals surface area contributed by atoms with E-state index in [0.717, 1.165) is 24.1 Å². The summed E-state index contributed by atoms with van der Waals surface area (Å²) in [7, 11) is 0. The van der Waals surface area contributed by atoms with Crippen molar-refractivity contribution < 1.29 is 13.9 Å². The Labute approximate surface area is 247 Å². The number of nitrogens with zero attached hydrogens (tertiary/aromatic N) is 2. The van der Waals surface area contributed by atoms with Crippen LogP contribution in [0.3, 0.4) is 0 Å². The summed E-state index contributed by atoms with van der Waals surface area (Å²) in [4.78, 5) is 4.17. The van der Waals surface area contributed by atoms with Crippen molar-refractivity contribution in [1.82, 2.24) is 9.80 Å². The number of halogens is 6. The Balaban J connectivity index is 0.00000380. The van der Waals surface area contributed by atoms with Crippen LogP contribution in [0.5, 0.6) is 5.75 Å². The van der Waals surface area contributed by atoms with Crippen LogP contribution in [0.25, 0.3) is 0 Å². The Kier molecular flexibility index (Phi) is 11.7. The molecule has 37 heavy (non-hydrogen) atoms. The number of hydrogen-bond acceptors (Lipinski definition) is 4. The maximum atomic E-state index is 13.0. The molecule has 2 atom stereocenters. The lowest BCUT2D eigenvalue weighted by Crippen LogP contribution is -2.36. The summed E-state index contributed by atoms with van der Waals surface area (Å²) in [6.07, 6.45) is 4.32. The number of rotatable bonds is 11. The maximum Gasteiger partial charge on any atom is 0.135 e. The first-order chi connectivity index (χ1) is 17.4. The molecular formula is C27H26BrCl4FN2O2. The van der Waals surface area contributed by atoms with Crippen LogP contribution in [0.15, 0.2) is 79.1 Å². The van der Waals surface area contributed by atoms with Crippen molar-refractivity contribution in [2.45, 2.75) is 24.6 Å². The van der Waals surface area contributed by atoms with Crippen LogP contribution in [-0.4, -0.2) is 35.1 Å². The quantitative estimate of drug-likeness (QED) is 0.118. The minimum atomic E-state index is -0.478. The highest BCUT2D eigenvalue weighted by Crippen LogP contribution is 2.33. The Bertz CT molecular complexity index is 1170. The minimum Gasteiger partial charge on any atom is -0.494 e. The third-order valence-corrected chi connectivity index (χ3v) is 7.00. The summed E-state index contributed by atoms with van der Waals surface area (Å²) >= 11 is 25.4. The molecule has 1 aliphatic rings. The van der Waals surface area contributed by atoms with Crippen LogP contribution < -0.4 is 4.74 Å². The van der Waals surface area contributed by atoms with Crippen molar-refractivity contribution in [3.05, 3.63) is 111 Å². The lowest BCUT2D eigenvalue weighted by Gasteiger charge is -2.31. The second-order valence-electron chi connectivity index (χ2n) is 8.31. The third-order valence-electron chi connectivity index (χ3n) is 5.68. The largest absolute Gasteiger partial charge is 0.494 e. The zero-order valence-electron chi connectivity index (χ0n) is 19.7. The first-order valence-corrected chi connectivity index (χ1v) is 13.0. The topological polar surface area (TPSA) is 24.9 Å². The average Bonchev–Trinajstić information content (AvgIpc) is 3.34. The van der Waals surface area contributed by atoms with Gasteiger partial charge in [-0.25, -0.2) is 4.39 Å². The minimum absolute atomic E-state index is 0. The summed E-state index contributed by atoms with van der Waals surface area (Å²) in [5.74, 6) is 0.372. The van der Waals surface area contributed by atoms with Crippen molar-refractivity contribution in [3.63, 3.8) is 0 Å². The molecule has 1 aliphatic heterocycles. The molecule has 198 valence electrons. The monoisotopic (exact) mass is 648 g/mol. The highest BCUT2D eigenvalue weighted by atomic mass is 79.9. The molecule has 0 bridgehead atoms. The van der Waals surface area contributed by atoms with Gasteiger partial charge in [-0.3, -0.25) is 0 Å². The third kappa shape index (κ3) is 8.67. The standard InChI is InChI=1S/C27H25Cl4FN2O2.BrH/c28-21-5-2-19(3-6-21)26(36-17-20-4-7-22(29)16-25(20)30)27(31)34-14-13-33(18-34)12-1-15-35-24-10-8-23(32)9-11-24;/h2-11,13-14,16,26-27H,1,12,15,17-18H2;1H. The molecule has 10 heteroatoms. The van der Waals surface area contributed by atoms with E-state index < -0.39 is 11.6 Å². The van der Waals surface area contributed by atoms with E-state index in [-0.39, 0.29) is 29.4 Å². The Hall–Kier alpha value is -1.67. The zero-order chi connectivity index (χ0) is 25.5. The molecule has 1 heterocycles. The van der Waals surface area contributed by atoms with Gasteiger partial charge in [0.25, 0.3) is 0 Å². The van der Waals surface area contributed by atoms with Gasteiger partial charge in [0.2, 0.25) is 0 Å². The summed E-state index contributed by atoms with van der Waals surface area (Å²) in [5, 5.41) is 1.75. The maximum absolute atomic E-state index is 13.0. The van der Waals surface area contributed by atoms with Gasteiger partial charge >= 0.3 is 0 Å². The fraction of sp³-hybridized carbons (Fsp3) is 0.259. The molecule has 0 spiro atoms. The van der Waals surface area contributed by atoms with Crippen molar-refractivity contribution in [1.29, 1.82) is 0 Å². The average molecular weight is 651 g/mol. The van der Waals surface area contributed by atoms with Gasteiger partial charge < -0.3 is 19.3 Å². The second-order valence-corrected chi connectivity index (χ2v) is 10.0. The predicted octanol–water partition coefficient (Wildman–Crippen LogP) is 8.70. The van der Waals surface area contributed by atoms with E-state index in [2.05, 4.69) is 4.90 Å². The van der Waals surface area contributed by atoms with E-state index in [9.17, 15) is 4.39 Å². The fourth-order valence-corrected chi connectivity index (χ4v) is 4.69. The molecule has 2 unspecified atom stereocenters. The zero-order valence-corrected chi connectivity index (χ0v) is 24.4. The van der Waals surface area contributed by atoms with Crippen LogP contribution in [0, 0.1) is 5.82 Å². The summed E-state index contributed by atoms with van der Waals surface area (Å²) < 4.78 is 25.0. The predicted molar refractivity (Wildman–Crippen MR) is 154 cm³/mol.